The molecule has 0 aliphatic heterocycles. The second kappa shape index (κ2) is 6.76. The number of aromatic amines is 1. The molecule has 0 saturated heterocycles. The molecule has 0 bridgehead atoms. The third-order valence-electron chi connectivity index (χ3n) is 4.00. The predicted molar refractivity (Wildman–Crippen MR) is 96.8 cm³/mol. The standard InChI is InChI=1S/C17H20N6O2/c1-4-11-7-5-6-8-13(11)19-14(24)10-22(2)17-20-15-12(16(25)21-17)9-18-23(15)3/h5-9H,4,10H2,1-3H3,(H,19,24)(H,20,21,25). The number of nitrogens with zero attached hydrogens (tertiary/aromatic N) is 4. The first kappa shape index (κ1) is 16.7. The Kier molecular flexibility index (Phi) is 4.51. The van der Waals surface area contributed by atoms with Crippen LogP contribution in [0.25, 0.3) is 11.0 Å². The quantitative estimate of drug-likeness (QED) is 0.730. The number of hydrogen-bond acceptors (Lipinski definition) is 5. The number of H-pyrrole nitrogens is 1. The number of likely N-dealkylation sites (N-methyl/N-ethyl adjacent to an activating group) is 1. The smallest absolute Gasteiger partial charge is 0.263 e. The average molecular weight is 340 g/mol. The van der Waals surface area contributed by atoms with E-state index in [0.29, 0.717) is 17.0 Å². The van der Waals surface area contributed by atoms with E-state index in [-0.39, 0.29) is 18.0 Å². The van der Waals surface area contributed by atoms with E-state index in [1.807, 2.05) is 31.2 Å². The van der Waals surface area contributed by atoms with Gasteiger partial charge in [0, 0.05) is 19.8 Å². The van der Waals surface area contributed by atoms with E-state index in [1.165, 1.54) is 10.9 Å². The van der Waals surface area contributed by atoms with Crippen LogP contribution in [0.5, 0.6) is 0 Å². The first-order valence-corrected chi connectivity index (χ1v) is 8.00. The third-order valence-corrected chi connectivity index (χ3v) is 4.00. The zero-order valence-corrected chi connectivity index (χ0v) is 14.4. The summed E-state index contributed by atoms with van der Waals surface area (Å²) in [6.07, 6.45) is 2.30. The van der Waals surface area contributed by atoms with Crippen molar-refractivity contribution >= 4 is 28.6 Å². The fourth-order valence-corrected chi connectivity index (χ4v) is 2.63. The predicted octanol–water partition coefficient (Wildman–Crippen LogP) is 1.29. The van der Waals surface area contributed by atoms with Crippen molar-refractivity contribution in [1.82, 2.24) is 19.7 Å². The van der Waals surface area contributed by atoms with Crippen molar-refractivity contribution in [1.29, 1.82) is 0 Å². The van der Waals surface area contributed by atoms with Crippen LogP contribution in [-0.2, 0) is 18.3 Å². The lowest BCUT2D eigenvalue weighted by atomic mass is 10.1. The Morgan fingerprint density at radius 2 is 2.12 bits per heavy atom. The fraction of sp³-hybridized carbons (Fsp3) is 0.294. The first-order chi connectivity index (χ1) is 12.0. The molecule has 8 heteroatoms. The molecule has 0 unspecified atom stereocenters. The van der Waals surface area contributed by atoms with Crippen LogP contribution in [0.15, 0.2) is 35.3 Å². The zero-order chi connectivity index (χ0) is 18.0. The van der Waals surface area contributed by atoms with Gasteiger partial charge < -0.3 is 10.2 Å². The van der Waals surface area contributed by atoms with Gasteiger partial charge in [0.2, 0.25) is 11.9 Å². The maximum Gasteiger partial charge on any atom is 0.263 e. The molecule has 1 amide bonds. The molecule has 3 rings (SSSR count). The van der Waals surface area contributed by atoms with Crippen LogP contribution < -0.4 is 15.8 Å². The number of fused-ring (bicyclic) bond motifs is 1. The Bertz CT molecular complexity index is 975. The highest BCUT2D eigenvalue weighted by molar-refractivity contribution is 5.94. The van der Waals surface area contributed by atoms with Crippen LogP contribution in [-0.4, -0.2) is 39.2 Å². The minimum absolute atomic E-state index is 0.0599. The van der Waals surface area contributed by atoms with Crippen molar-refractivity contribution < 1.29 is 4.79 Å². The number of aromatic nitrogens is 4. The van der Waals surface area contributed by atoms with Crippen LogP contribution in [0.3, 0.4) is 0 Å². The molecule has 0 aliphatic rings. The molecule has 130 valence electrons. The maximum atomic E-state index is 12.3. The number of hydrogen-bond donors (Lipinski definition) is 2. The highest BCUT2D eigenvalue weighted by Crippen LogP contribution is 2.15. The van der Waals surface area contributed by atoms with E-state index >= 15 is 0 Å². The molecule has 2 aromatic heterocycles. The van der Waals surface area contributed by atoms with Gasteiger partial charge in [-0.25, -0.2) is 0 Å². The van der Waals surface area contributed by atoms with Gasteiger partial charge in [0.25, 0.3) is 5.56 Å². The molecular weight excluding hydrogens is 320 g/mol. The largest absolute Gasteiger partial charge is 0.336 e. The van der Waals surface area contributed by atoms with Gasteiger partial charge >= 0.3 is 0 Å². The van der Waals surface area contributed by atoms with Gasteiger partial charge in [-0.05, 0) is 18.1 Å². The zero-order valence-electron chi connectivity index (χ0n) is 14.4. The number of aryl methyl sites for hydroxylation is 2. The summed E-state index contributed by atoms with van der Waals surface area (Å²) in [6.45, 7) is 2.10. The average Bonchev–Trinajstić information content (AvgIpc) is 2.97. The minimum Gasteiger partial charge on any atom is -0.336 e. The Hall–Kier alpha value is -3.16. The van der Waals surface area contributed by atoms with Crippen molar-refractivity contribution in [2.75, 3.05) is 23.8 Å². The topological polar surface area (TPSA) is 95.9 Å². The molecular formula is C17H20N6O2. The summed E-state index contributed by atoms with van der Waals surface area (Å²) >= 11 is 0. The molecule has 0 saturated carbocycles. The summed E-state index contributed by atoms with van der Waals surface area (Å²) < 4.78 is 1.53. The Labute approximate surface area is 144 Å². The molecule has 0 radical (unpaired) electrons. The number of nitrogens with one attached hydrogen (secondary N) is 2. The van der Waals surface area contributed by atoms with Crippen molar-refractivity contribution in [2.24, 2.45) is 7.05 Å². The lowest BCUT2D eigenvalue weighted by Gasteiger charge is -2.18. The van der Waals surface area contributed by atoms with Gasteiger partial charge in [-0.3, -0.25) is 19.3 Å². The van der Waals surface area contributed by atoms with Crippen molar-refractivity contribution in [2.45, 2.75) is 13.3 Å². The summed E-state index contributed by atoms with van der Waals surface area (Å²) in [5, 5.41) is 7.35. The van der Waals surface area contributed by atoms with Crippen LogP contribution in [0.2, 0.25) is 0 Å². The van der Waals surface area contributed by atoms with Crippen molar-refractivity contribution in [3.05, 3.63) is 46.4 Å². The van der Waals surface area contributed by atoms with Gasteiger partial charge in [0.05, 0.1) is 12.7 Å². The van der Waals surface area contributed by atoms with E-state index in [4.69, 9.17) is 0 Å². The molecule has 0 aliphatic carbocycles. The number of amides is 1. The Balaban J connectivity index is 1.77. The van der Waals surface area contributed by atoms with Crippen molar-refractivity contribution in [3.63, 3.8) is 0 Å². The van der Waals surface area contributed by atoms with Gasteiger partial charge in [-0.1, -0.05) is 25.1 Å². The molecule has 25 heavy (non-hydrogen) atoms. The number of anilines is 2. The van der Waals surface area contributed by atoms with E-state index in [1.54, 1.807) is 19.0 Å². The molecule has 2 N–H and O–H groups in total. The maximum absolute atomic E-state index is 12.3. The second-order valence-electron chi connectivity index (χ2n) is 5.81. The monoisotopic (exact) mass is 340 g/mol. The summed E-state index contributed by atoms with van der Waals surface area (Å²) in [4.78, 5) is 33.1. The number of benzene rings is 1. The number of para-hydroxylation sites is 1. The highest BCUT2D eigenvalue weighted by Gasteiger charge is 2.14. The summed E-state index contributed by atoms with van der Waals surface area (Å²) in [6, 6.07) is 7.68. The molecule has 0 spiro atoms. The van der Waals surface area contributed by atoms with Crippen LogP contribution >= 0.6 is 0 Å². The molecule has 3 aromatic rings. The van der Waals surface area contributed by atoms with Gasteiger partial charge in [0.15, 0.2) is 5.65 Å². The Morgan fingerprint density at radius 1 is 1.36 bits per heavy atom. The first-order valence-electron chi connectivity index (χ1n) is 8.00. The Morgan fingerprint density at radius 3 is 2.88 bits per heavy atom. The van der Waals surface area contributed by atoms with E-state index in [9.17, 15) is 9.59 Å². The van der Waals surface area contributed by atoms with Gasteiger partial charge in [0.1, 0.15) is 5.39 Å². The normalized spacial score (nSPS) is 10.8. The van der Waals surface area contributed by atoms with E-state index in [0.717, 1.165) is 17.7 Å². The molecule has 8 nitrogen and oxygen atoms in total. The third kappa shape index (κ3) is 3.37. The number of carbonyl (C=O) groups is 1. The van der Waals surface area contributed by atoms with Crippen LogP contribution in [0.1, 0.15) is 12.5 Å². The minimum atomic E-state index is -0.281. The lowest BCUT2D eigenvalue weighted by Crippen LogP contribution is -2.32. The van der Waals surface area contributed by atoms with E-state index in [2.05, 4.69) is 20.4 Å². The molecule has 2 heterocycles. The highest BCUT2D eigenvalue weighted by atomic mass is 16.2. The van der Waals surface area contributed by atoms with Gasteiger partial charge in [-0.15, -0.1) is 0 Å². The fourth-order valence-electron chi connectivity index (χ4n) is 2.63. The van der Waals surface area contributed by atoms with Crippen LogP contribution in [0, 0.1) is 0 Å². The summed E-state index contributed by atoms with van der Waals surface area (Å²) in [7, 11) is 3.42. The number of rotatable bonds is 5. The van der Waals surface area contributed by atoms with E-state index < -0.39 is 0 Å². The second-order valence-corrected chi connectivity index (χ2v) is 5.81. The van der Waals surface area contributed by atoms with Gasteiger partial charge in [-0.2, -0.15) is 10.1 Å². The van der Waals surface area contributed by atoms with Crippen LogP contribution in [0.4, 0.5) is 11.6 Å². The SMILES string of the molecule is CCc1ccccc1NC(=O)CN(C)c1nc2c(cnn2C)c(=O)[nH]1. The van der Waals surface area contributed by atoms with Crippen molar-refractivity contribution in [3.8, 4) is 0 Å². The summed E-state index contributed by atoms with van der Waals surface area (Å²) in [5.74, 6) is 0.135. The summed E-state index contributed by atoms with van der Waals surface area (Å²) in [5.41, 5.74) is 2.06. The lowest BCUT2D eigenvalue weighted by molar-refractivity contribution is -0.114. The molecule has 0 fully saturated rings. The molecule has 1 aromatic carbocycles. The molecule has 0 atom stereocenters. The number of carbonyl (C=O) groups excluding carboxylic acids is 1.